The molecule has 1 aliphatic heterocycles. The Bertz CT molecular complexity index is 1740. The maximum Gasteiger partial charge on any atom is 0.417 e. The van der Waals surface area contributed by atoms with Crippen LogP contribution in [0.5, 0.6) is 0 Å². The van der Waals surface area contributed by atoms with Crippen LogP contribution >= 0.6 is 0 Å². The van der Waals surface area contributed by atoms with Crippen molar-refractivity contribution in [1.82, 2.24) is 4.90 Å². The second-order valence-electron chi connectivity index (χ2n) is 12.0. The van der Waals surface area contributed by atoms with E-state index in [1.807, 2.05) is 0 Å². The van der Waals surface area contributed by atoms with Gasteiger partial charge in [-0.2, -0.15) is 31.6 Å². The molecular formula is C32H28F6N4O4. The van der Waals surface area contributed by atoms with Crippen molar-refractivity contribution in [3.8, 4) is 6.07 Å². The number of hydrogen-bond acceptors (Lipinski definition) is 6. The molecule has 0 spiro atoms. The molecule has 3 aromatic rings. The van der Waals surface area contributed by atoms with E-state index in [9.17, 15) is 40.7 Å². The third-order valence-electron chi connectivity index (χ3n) is 7.07. The summed E-state index contributed by atoms with van der Waals surface area (Å²) in [4.78, 5) is 41.7. The number of esters is 1. The predicted octanol–water partition coefficient (Wildman–Crippen LogP) is 8.04. The number of imide groups is 1. The number of carbonyl (C=O) groups excluding carboxylic acids is 3. The number of amides is 3. The molecule has 3 aromatic carbocycles. The smallest absolute Gasteiger partial charge is 0.417 e. The van der Waals surface area contributed by atoms with Crippen molar-refractivity contribution in [3.63, 3.8) is 0 Å². The fourth-order valence-corrected chi connectivity index (χ4v) is 4.70. The molecule has 1 fully saturated rings. The normalized spacial score (nSPS) is 15.2. The van der Waals surface area contributed by atoms with Gasteiger partial charge in [0.15, 0.2) is 0 Å². The Labute approximate surface area is 260 Å². The van der Waals surface area contributed by atoms with Crippen molar-refractivity contribution in [1.29, 1.82) is 5.26 Å². The standard InChI is InChI=1S/C32H28F6N4O4/c1-29(2,3)46-26(43)18-6-7-20(25(14-18)40-22-11-9-21(10-12-22)31(33,34)35)17-41-28(45)42(27(44)30(41,4)5)23-13-8-19(16-39)24(15-23)32(36,37)38/h6-15,40H,17H2,1-5H3. The number of nitrogens with one attached hydrogen (secondary N) is 1. The number of anilines is 3. The lowest BCUT2D eigenvalue weighted by Crippen LogP contribution is -2.43. The Morgan fingerprint density at radius 1 is 0.913 bits per heavy atom. The van der Waals surface area contributed by atoms with Crippen LogP contribution in [0.2, 0.25) is 0 Å². The quantitative estimate of drug-likeness (QED) is 0.165. The number of alkyl halides is 6. The van der Waals surface area contributed by atoms with E-state index < -0.39 is 58.1 Å². The van der Waals surface area contributed by atoms with Crippen LogP contribution in [0.3, 0.4) is 0 Å². The second kappa shape index (κ2) is 11.7. The number of nitrogens with zero attached hydrogens (tertiary/aromatic N) is 3. The first-order valence-corrected chi connectivity index (χ1v) is 13.7. The molecule has 14 heteroatoms. The Morgan fingerprint density at radius 2 is 1.54 bits per heavy atom. The van der Waals surface area contributed by atoms with E-state index in [0.29, 0.717) is 16.5 Å². The van der Waals surface area contributed by atoms with Gasteiger partial charge in [0.05, 0.1) is 40.6 Å². The zero-order valence-electron chi connectivity index (χ0n) is 25.2. The summed E-state index contributed by atoms with van der Waals surface area (Å²) >= 11 is 0. The molecule has 0 atom stereocenters. The Morgan fingerprint density at radius 3 is 2.09 bits per heavy atom. The van der Waals surface area contributed by atoms with Gasteiger partial charge in [0, 0.05) is 11.4 Å². The van der Waals surface area contributed by atoms with Gasteiger partial charge in [-0.15, -0.1) is 0 Å². The number of hydrogen-bond donors (Lipinski definition) is 1. The van der Waals surface area contributed by atoms with Crippen LogP contribution < -0.4 is 10.2 Å². The maximum atomic E-state index is 13.7. The molecule has 242 valence electrons. The van der Waals surface area contributed by atoms with Crippen molar-refractivity contribution >= 4 is 35.0 Å². The fraction of sp³-hybridized carbons (Fsp3) is 0.312. The molecule has 0 radical (unpaired) electrons. The van der Waals surface area contributed by atoms with Gasteiger partial charge in [-0.05, 0) is 94.8 Å². The van der Waals surface area contributed by atoms with Gasteiger partial charge in [0.2, 0.25) is 0 Å². The first kappa shape index (κ1) is 33.8. The van der Waals surface area contributed by atoms with E-state index in [2.05, 4.69) is 5.32 Å². The number of ether oxygens (including phenoxy) is 1. The maximum absolute atomic E-state index is 13.7. The van der Waals surface area contributed by atoms with E-state index in [1.165, 1.54) is 50.2 Å². The summed E-state index contributed by atoms with van der Waals surface area (Å²) < 4.78 is 85.7. The van der Waals surface area contributed by atoms with Crippen LogP contribution in [0, 0.1) is 11.3 Å². The van der Waals surface area contributed by atoms with Crippen molar-refractivity contribution in [2.45, 2.75) is 64.7 Å². The lowest BCUT2D eigenvalue weighted by atomic mass is 10.0. The number of benzene rings is 3. The largest absolute Gasteiger partial charge is 0.456 e. The van der Waals surface area contributed by atoms with Crippen molar-refractivity contribution in [2.24, 2.45) is 0 Å². The van der Waals surface area contributed by atoms with Crippen LogP contribution in [0.4, 0.5) is 48.2 Å². The van der Waals surface area contributed by atoms with Crippen LogP contribution in [-0.4, -0.2) is 33.9 Å². The number of carbonyl (C=O) groups is 3. The van der Waals surface area contributed by atoms with E-state index in [-0.39, 0.29) is 29.2 Å². The van der Waals surface area contributed by atoms with Crippen LogP contribution in [0.15, 0.2) is 60.7 Å². The van der Waals surface area contributed by atoms with Gasteiger partial charge in [0.25, 0.3) is 5.91 Å². The summed E-state index contributed by atoms with van der Waals surface area (Å²) in [6.45, 7) is 7.50. The summed E-state index contributed by atoms with van der Waals surface area (Å²) in [6, 6.07) is 11.3. The molecule has 0 aliphatic carbocycles. The van der Waals surface area contributed by atoms with Gasteiger partial charge in [-0.1, -0.05) is 6.07 Å². The van der Waals surface area contributed by atoms with E-state index in [1.54, 1.807) is 20.8 Å². The van der Waals surface area contributed by atoms with Gasteiger partial charge >= 0.3 is 24.4 Å². The van der Waals surface area contributed by atoms with Crippen molar-refractivity contribution in [3.05, 3.63) is 88.5 Å². The molecule has 4 rings (SSSR count). The minimum Gasteiger partial charge on any atom is -0.456 e. The lowest BCUT2D eigenvalue weighted by molar-refractivity contribution is -0.138. The van der Waals surface area contributed by atoms with Gasteiger partial charge in [-0.25, -0.2) is 14.5 Å². The average molecular weight is 647 g/mol. The minimum absolute atomic E-state index is 0.0788. The molecule has 0 bridgehead atoms. The summed E-state index contributed by atoms with van der Waals surface area (Å²) in [7, 11) is 0. The third kappa shape index (κ3) is 6.93. The van der Waals surface area contributed by atoms with Crippen LogP contribution in [-0.2, 0) is 28.4 Å². The van der Waals surface area contributed by atoms with Crippen molar-refractivity contribution < 1.29 is 45.5 Å². The SMILES string of the molecule is CC(C)(C)OC(=O)c1ccc(CN2C(=O)N(c3ccc(C#N)c(C(F)(F)F)c3)C(=O)C2(C)C)c(Nc2ccc(C(F)(F)F)cc2)c1. The highest BCUT2D eigenvalue weighted by atomic mass is 19.4. The monoisotopic (exact) mass is 646 g/mol. The Hall–Kier alpha value is -5.06. The number of halogens is 6. The minimum atomic E-state index is -4.93. The molecule has 0 unspecified atom stereocenters. The van der Waals surface area contributed by atoms with Crippen LogP contribution in [0.25, 0.3) is 0 Å². The van der Waals surface area contributed by atoms with Gasteiger partial charge in [-0.3, -0.25) is 4.79 Å². The summed E-state index contributed by atoms with van der Waals surface area (Å²) in [5.74, 6) is -1.53. The van der Waals surface area contributed by atoms with E-state index in [4.69, 9.17) is 10.00 Å². The molecule has 1 N–H and O–H groups in total. The molecule has 1 saturated heterocycles. The average Bonchev–Trinajstić information content (AvgIpc) is 3.10. The number of rotatable bonds is 6. The molecule has 1 heterocycles. The lowest BCUT2D eigenvalue weighted by Gasteiger charge is -2.29. The van der Waals surface area contributed by atoms with Gasteiger partial charge < -0.3 is 15.0 Å². The fourth-order valence-electron chi connectivity index (χ4n) is 4.70. The summed E-state index contributed by atoms with van der Waals surface area (Å²) in [5, 5.41) is 12.1. The topological polar surface area (TPSA) is 103 Å². The Kier molecular flexibility index (Phi) is 8.60. The van der Waals surface area contributed by atoms with E-state index in [0.717, 1.165) is 29.2 Å². The van der Waals surface area contributed by atoms with Gasteiger partial charge in [0.1, 0.15) is 11.1 Å². The van der Waals surface area contributed by atoms with Crippen LogP contribution in [0.1, 0.15) is 67.2 Å². The summed E-state index contributed by atoms with van der Waals surface area (Å²) in [5.41, 5.74) is -4.90. The third-order valence-corrected chi connectivity index (χ3v) is 7.07. The Balaban J connectivity index is 1.74. The second-order valence-corrected chi connectivity index (χ2v) is 12.0. The molecule has 8 nitrogen and oxygen atoms in total. The zero-order valence-corrected chi connectivity index (χ0v) is 25.2. The molecule has 0 aromatic heterocycles. The molecule has 0 saturated carbocycles. The highest BCUT2D eigenvalue weighted by Crippen LogP contribution is 2.39. The molecule has 46 heavy (non-hydrogen) atoms. The van der Waals surface area contributed by atoms with Crippen molar-refractivity contribution in [2.75, 3.05) is 10.2 Å². The zero-order chi connectivity index (χ0) is 34.4. The first-order valence-electron chi connectivity index (χ1n) is 13.7. The first-order chi connectivity index (χ1) is 21.1. The van der Waals surface area contributed by atoms with E-state index >= 15 is 0 Å². The predicted molar refractivity (Wildman–Crippen MR) is 155 cm³/mol. The highest BCUT2D eigenvalue weighted by Gasteiger charge is 2.52. The molecular weight excluding hydrogens is 618 g/mol. The number of nitriles is 1. The molecule has 1 aliphatic rings. The number of urea groups is 1. The highest BCUT2D eigenvalue weighted by molar-refractivity contribution is 6.23. The molecule has 3 amide bonds. The summed E-state index contributed by atoms with van der Waals surface area (Å²) in [6.07, 6.45) is -9.51.